The molecule has 25 heavy (non-hydrogen) atoms. The molecular weight excluding hydrogens is 312 g/mol. The number of ether oxygens (including phenoxy) is 2. The van der Waals surface area contributed by atoms with E-state index in [1.54, 1.807) is 6.08 Å². The summed E-state index contributed by atoms with van der Waals surface area (Å²) in [5.41, 5.74) is 1.10. The summed E-state index contributed by atoms with van der Waals surface area (Å²) in [5.74, 6) is 1.53. The average Bonchev–Trinajstić information content (AvgIpc) is 2.97. The van der Waals surface area contributed by atoms with Crippen molar-refractivity contribution < 1.29 is 14.3 Å². The zero-order chi connectivity index (χ0) is 17.2. The Kier molecular flexibility index (Phi) is 3.25. The van der Waals surface area contributed by atoms with Crippen molar-refractivity contribution in [2.24, 2.45) is 23.2 Å². The lowest BCUT2D eigenvalue weighted by Crippen LogP contribution is -2.41. The van der Waals surface area contributed by atoms with Crippen molar-refractivity contribution in [3.05, 3.63) is 42.0 Å². The number of benzene rings is 1. The number of fused-ring (bicyclic) bond motifs is 1. The van der Waals surface area contributed by atoms with Gasteiger partial charge in [0, 0.05) is 17.4 Å². The molecule has 1 spiro atoms. The first-order valence-electron chi connectivity index (χ1n) is 9.62. The molecule has 0 bridgehead atoms. The van der Waals surface area contributed by atoms with Crippen molar-refractivity contribution >= 4 is 12.0 Å². The zero-order valence-corrected chi connectivity index (χ0v) is 15.0. The Balaban J connectivity index is 1.35. The molecule has 3 aliphatic carbocycles. The molecule has 4 aliphatic rings. The van der Waals surface area contributed by atoms with E-state index in [1.807, 2.05) is 36.4 Å². The van der Waals surface area contributed by atoms with E-state index in [1.165, 1.54) is 19.3 Å². The van der Waals surface area contributed by atoms with Gasteiger partial charge in [-0.05, 0) is 49.2 Å². The number of epoxide rings is 1. The highest BCUT2D eigenvalue weighted by Gasteiger charge is 2.78. The standard InChI is InChI=1S/C22H26O3/c1-21(2)13-15-12-16-9-10-17-22(16,25-17)19(15)20(21)24-18(23)11-8-14-6-4-3-5-7-14/h3-8,11,15-17,19-20H,9-10,12-13H2,1-2H3. The van der Waals surface area contributed by atoms with Crippen LogP contribution in [-0.2, 0) is 14.3 Å². The van der Waals surface area contributed by atoms with Crippen molar-refractivity contribution in [1.82, 2.24) is 0 Å². The first-order chi connectivity index (χ1) is 12.0. The second-order valence-corrected chi connectivity index (χ2v) is 9.05. The van der Waals surface area contributed by atoms with Crippen LogP contribution in [0.15, 0.2) is 36.4 Å². The smallest absolute Gasteiger partial charge is 0.331 e. The van der Waals surface area contributed by atoms with Crippen LogP contribution in [0.4, 0.5) is 0 Å². The third-order valence-corrected chi connectivity index (χ3v) is 7.16. The van der Waals surface area contributed by atoms with Gasteiger partial charge in [0.1, 0.15) is 11.7 Å². The summed E-state index contributed by atoms with van der Waals surface area (Å²) in [7, 11) is 0. The number of esters is 1. The normalized spacial score (nSPS) is 42.9. The van der Waals surface area contributed by atoms with Crippen LogP contribution >= 0.6 is 0 Å². The molecule has 1 aromatic rings. The third kappa shape index (κ3) is 2.25. The lowest BCUT2D eigenvalue weighted by atomic mass is 9.80. The molecular formula is C22H26O3. The summed E-state index contributed by atoms with van der Waals surface area (Å²) in [6.45, 7) is 4.50. The molecule has 132 valence electrons. The predicted molar refractivity (Wildman–Crippen MR) is 95.7 cm³/mol. The molecule has 0 radical (unpaired) electrons. The Morgan fingerprint density at radius 1 is 1.24 bits per heavy atom. The summed E-state index contributed by atoms with van der Waals surface area (Å²) in [5, 5.41) is 0. The van der Waals surface area contributed by atoms with Crippen LogP contribution in [0.3, 0.4) is 0 Å². The quantitative estimate of drug-likeness (QED) is 0.470. The Labute approximate surface area is 149 Å². The van der Waals surface area contributed by atoms with Crippen molar-refractivity contribution in [3.63, 3.8) is 0 Å². The molecule has 1 aromatic carbocycles. The van der Waals surface area contributed by atoms with Crippen LogP contribution in [0.1, 0.15) is 45.1 Å². The van der Waals surface area contributed by atoms with Crippen molar-refractivity contribution in [2.75, 3.05) is 0 Å². The molecule has 1 saturated heterocycles. The molecule has 1 aliphatic heterocycles. The van der Waals surface area contributed by atoms with Crippen LogP contribution in [0.25, 0.3) is 6.08 Å². The third-order valence-electron chi connectivity index (χ3n) is 7.16. The van der Waals surface area contributed by atoms with Gasteiger partial charge in [0.2, 0.25) is 0 Å². The van der Waals surface area contributed by atoms with E-state index >= 15 is 0 Å². The Morgan fingerprint density at radius 2 is 2.04 bits per heavy atom. The molecule has 6 unspecified atom stereocenters. The maximum atomic E-state index is 12.5. The van der Waals surface area contributed by atoms with Crippen LogP contribution in [0.2, 0.25) is 0 Å². The fraction of sp³-hybridized carbons (Fsp3) is 0.591. The average molecular weight is 338 g/mol. The van der Waals surface area contributed by atoms with Gasteiger partial charge in [0.25, 0.3) is 0 Å². The van der Waals surface area contributed by atoms with Crippen LogP contribution in [-0.4, -0.2) is 23.8 Å². The van der Waals surface area contributed by atoms with Gasteiger partial charge in [-0.25, -0.2) is 4.79 Å². The highest BCUT2D eigenvalue weighted by atomic mass is 16.6. The minimum Gasteiger partial charge on any atom is -0.458 e. The van der Waals surface area contributed by atoms with Gasteiger partial charge in [-0.2, -0.15) is 0 Å². The molecule has 0 amide bonds. The van der Waals surface area contributed by atoms with Crippen molar-refractivity contribution in [3.8, 4) is 0 Å². The summed E-state index contributed by atoms with van der Waals surface area (Å²) >= 11 is 0. The van der Waals surface area contributed by atoms with Crippen LogP contribution < -0.4 is 0 Å². The first-order valence-corrected chi connectivity index (χ1v) is 9.62. The van der Waals surface area contributed by atoms with E-state index < -0.39 is 0 Å². The molecule has 5 rings (SSSR count). The largest absolute Gasteiger partial charge is 0.458 e. The number of hydrogen-bond acceptors (Lipinski definition) is 3. The SMILES string of the molecule is CC1(C)CC2CC3CCC4OC34C2C1OC(=O)C=Cc1ccccc1. The molecule has 3 saturated carbocycles. The fourth-order valence-corrected chi connectivity index (χ4v) is 6.28. The molecule has 3 nitrogen and oxygen atoms in total. The minimum absolute atomic E-state index is 0.0291. The second kappa shape index (κ2) is 5.20. The first kappa shape index (κ1) is 15.6. The molecule has 6 atom stereocenters. The molecule has 4 fully saturated rings. The lowest BCUT2D eigenvalue weighted by Gasteiger charge is -2.32. The highest BCUT2D eigenvalue weighted by Crippen LogP contribution is 2.72. The van der Waals surface area contributed by atoms with Crippen molar-refractivity contribution in [2.45, 2.75) is 57.3 Å². The molecule has 3 heteroatoms. The van der Waals surface area contributed by atoms with E-state index in [-0.39, 0.29) is 23.1 Å². The van der Waals surface area contributed by atoms with E-state index in [0.29, 0.717) is 23.9 Å². The Morgan fingerprint density at radius 3 is 2.80 bits per heavy atom. The second-order valence-electron chi connectivity index (χ2n) is 9.05. The maximum absolute atomic E-state index is 12.5. The van der Waals surface area contributed by atoms with Gasteiger partial charge < -0.3 is 9.47 Å². The monoisotopic (exact) mass is 338 g/mol. The summed E-state index contributed by atoms with van der Waals surface area (Å²) in [6.07, 6.45) is 8.72. The number of hydrogen-bond donors (Lipinski definition) is 0. The Hall–Kier alpha value is -1.61. The zero-order valence-electron chi connectivity index (χ0n) is 15.0. The number of carbonyl (C=O) groups is 1. The lowest BCUT2D eigenvalue weighted by molar-refractivity contribution is -0.151. The van der Waals surface area contributed by atoms with E-state index in [2.05, 4.69) is 13.8 Å². The van der Waals surface area contributed by atoms with Gasteiger partial charge in [0.05, 0.1) is 6.10 Å². The van der Waals surface area contributed by atoms with E-state index in [9.17, 15) is 4.79 Å². The summed E-state index contributed by atoms with van der Waals surface area (Å²) in [6, 6.07) is 9.89. The molecule has 1 heterocycles. The maximum Gasteiger partial charge on any atom is 0.331 e. The molecule has 0 aromatic heterocycles. The van der Waals surface area contributed by atoms with Crippen LogP contribution in [0.5, 0.6) is 0 Å². The van der Waals surface area contributed by atoms with Gasteiger partial charge in [-0.1, -0.05) is 44.2 Å². The molecule has 0 N–H and O–H groups in total. The van der Waals surface area contributed by atoms with Gasteiger partial charge in [-0.15, -0.1) is 0 Å². The fourth-order valence-electron chi connectivity index (χ4n) is 6.28. The van der Waals surface area contributed by atoms with E-state index in [0.717, 1.165) is 12.0 Å². The summed E-state index contributed by atoms with van der Waals surface area (Å²) < 4.78 is 12.3. The topological polar surface area (TPSA) is 38.8 Å². The van der Waals surface area contributed by atoms with Crippen LogP contribution in [0, 0.1) is 23.2 Å². The Bertz CT molecular complexity index is 722. The number of carbonyl (C=O) groups excluding carboxylic acids is 1. The van der Waals surface area contributed by atoms with Crippen molar-refractivity contribution in [1.29, 1.82) is 0 Å². The van der Waals surface area contributed by atoms with Gasteiger partial charge >= 0.3 is 5.97 Å². The minimum atomic E-state index is -0.224. The number of rotatable bonds is 3. The highest BCUT2D eigenvalue weighted by molar-refractivity contribution is 5.87. The predicted octanol–water partition coefficient (Wildman–Crippen LogP) is 4.23. The van der Waals surface area contributed by atoms with E-state index in [4.69, 9.17) is 9.47 Å². The summed E-state index contributed by atoms with van der Waals surface area (Å²) in [4.78, 5) is 12.5. The van der Waals surface area contributed by atoms with Gasteiger partial charge in [-0.3, -0.25) is 0 Å². The van der Waals surface area contributed by atoms with Gasteiger partial charge in [0.15, 0.2) is 0 Å².